The van der Waals surface area contributed by atoms with Gasteiger partial charge in [-0.05, 0) is 36.6 Å². The number of ketones is 1. The number of rotatable bonds is 6. The predicted molar refractivity (Wildman–Crippen MR) is 68.8 cm³/mol. The Morgan fingerprint density at radius 1 is 1.22 bits per heavy atom. The maximum Gasteiger partial charge on any atom is 0.177 e. The molecule has 0 bridgehead atoms. The molecule has 0 fully saturated rings. The van der Waals surface area contributed by atoms with Crippen molar-refractivity contribution in [3.8, 4) is 0 Å². The first kappa shape index (κ1) is 14.8. The molecular weight excluding hydrogens is 255 g/mol. The van der Waals surface area contributed by atoms with Crippen molar-refractivity contribution in [3.05, 3.63) is 35.6 Å². The minimum Gasteiger partial charge on any atom is -0.293 e. The molecule has 0 saturated heterocycles. The van der Waals surface area contributed by atoms with Crippen molar-refractivity contribution in [2.45, 2.75) is 20.3 Å². The lowest BCUT2D eigenvalue weighted by Crippen LogP contribution is -2.20. The standard InChI is InChI=1S/C13H17FO3S/c1-10(2)7-8-18(16,17)9-13(15)11-3-5-12(14)6-4-11/h3-6,10H,7-9H2,1-2H3. The van der Waals surface area contributed by atoms with E-state index in [4.69, 9.17) is 0 Å². The van der Waals surface area contributed by atoms with Gasteiger partial charge in [-0.15, -0.1) is 0 Å². The van der Waals surface area contributed by atoms with E-state index in [2.05, 4.69) is 0 Å². The molecule has 18 heavy (non-hydrogen) atoms. The van der Waals surface area contributed by atoms with Crippen molar-refractivity contribution >= 4 is 15.6 Å². The van der Waals surface area contributed by atoms with E-state index in [1.54, 1.807) is 0 Å². The molecular formula is C13H17FO3S. The highest BCUT2D eigenvalue weighted by atomic mass is 32.2. The van der Waals surface area contributed by atoms with Gasteiger partial charge in [0.1, 0.15) is 11.6 Å². The Kier molecular flexibility index (Phi) is 5.02. The first-order valence-corrected chi connectivity index (χ1v) is 7.61. The van der Waals surface area contributed by atoms with Gasteiger partial charge in [0.25, 0.3) is 0 Å². The van der Waals surface area contributed by atoms with Gasteiger partial charge in [0.15, 0.2) is 15.6 Å². The average Bonchev–Trinajstić information content (AvgIpc) is 2.27. The summed E-state index contributed by atoms with van der Waals surface area (Å²) in [5.41, 5.74) is 0.226. The maximum absolute atomic E-state index is 12.7. The van der Waals surface area contributed by atoms with Gasteiger partial charge in [-0.3, -0.25) is 4.79 Å². The maximum atomic E-state index is 12.7. The van der Waals surface area contributed by atoms with Gasteiger partial charge in [-0.2, -0.15) is 0 Å². The summed E-state index contributed by atoms with van der Waals surface area (Å²) in [6.45, 7) is 3.86. The summed E-state index contributed by atoms with van der Waals surface area (Å²) in [7, 11) is -3.38. The molecule has 0 aliphatic carbocycles. The SMILES string of the molecule is CC(C)CCS(=O)(=O)CC(=O)c1ccc(F)cc1. The Hall–Kier alpha value is -1.23. The number of hydrogen-bond acceptors (Lipinski definition) is 3. The molecule has 0 atom stereocenters. The zero-order valence-corrected chi connectivity index (χ0v) is 11.3. The molecule has 0 unspecified atom stereocenters. The lowest BCUT2D eigenvalue weighted by atomic mass is 10.1. The zero-order valence-electron chi connectivity index (χ0n) is 10.5. The number of halogens is 1. The van der Waals surface area contributed by atoms with Gasteiger partial charge in [0, 0.05) is 5.56 Å². The summed E-state index contributed by atoms with van der Waals surface area (Å²) in [4.78, 5) is 11.7. The van der Waals surface area contributed by atoms with Crippen LogP contribution in [0.15, 0.2) is 24.3 Å². The van der Waals surface area contributed by atoms with Crippen LogP contribution in [-0.2, 0) is 9.84 Å². The molecule has 0 radical (unpaired) electrons. The van der Waals surface area contributed by atoms with Crippen molar-refractivity contribution in [2.75, 3.05) is 11.5 Å². The van der Waals surface area contributed by atoms with E-state index in [-0.39, 0.29) is 17.2 Å². The quantitative estimate of drug-likeness (QED) is 0.747. The minimum absolute atomic E-state index is 0.0115. The third-order valence-electron chi connectivity index (χ3n) is 2.52. The number of benzene rings is 1. The third-order valence-corrected chi connectivity index (χ3v) is 4.08. The molecule has 0 aliphatic heterocycles. The van der Waals surface area contributed by atoms with Crippen LogP contribution in [-0.4, -0.2) is 25.7 Å². The van der Waals surface area contributed by atoms with Crippen molar-refractivity contribution in [2.24, 2.45) is 5.92 Å². The van der Waals surface area contributed by atoms with Crippen LogP contribution in [0.1, 0.15) is 30.6 Å². The Bertz CT molecular complexity index is 504. The molecule has 5 heteroatoms. The second-order valence-corrected chi connectivity index (χ2v) is 6.89. The van der Waals surface area contributed by atoms with Crippen LogP contribution in [0, 0.1) is 11.7 Å². The average molecular weight is 272 g/mol. The second kappa shape index (κ2) is 6.09. The Balaban J connectivity index is 2.67. The lowest BCUT2D eigenvalue weighted by molar-refractivity contribution is 0.102. The third kappa shape index (κ3) is 4.96. The van der Waals surface area contributed by atoms with Crippen LogP contribution in [0.5, 0.6) is 0 Å². The fourth-order valence-electron chi connectivity index (χ4n) is 1.41. The molecule has 1 aromatic rings. The highest BCUT2D eigenvalue weighted by Gasteiger charge is 2.18. The smallest absolute Gasteiger partial charge is 0.177 e. The van der Waals surface area contributed by atoms with E-state index in [0.717, 1.165) is 12.1 Å². The van der Waals surface area contributed by atoms with Crippen LogP contribution in [0.25, 0.3) is 0 Å². The molecule has 1 rings (SSSR count). The van der Waals surface area contributed by atoms with Gasteiger partial charge in [-0.25, -0.2) is 12.8 Å². The Morgan fingerprint density at radius 3 is 2.28 bits per heavy atom. The molecule has 0 saturated carbocycles. The first-order chi connectivity index (χ1) is 8.30. The van der Waals surface area contributed by atoms with E-state index >= 15 is 0 Å². The van der Waals surface area contributed by atoms with Crippen molar-refractivity contribution in [3.63, 3.8) is 0 Å². The second-order valence-electron chi connectivity index (χ2n) is 4.70. The van der Waals surface area contributed by atoms with Gasteiger partial charge in [0.2, 0.25) is 0 Å². The summed E-state index contributed by atoms with van der Waals surface area (Å²) in [5, 5.41) is 0. The molecule has 0 aromatic heterocycles. The Labute approximate surface area is 107 Å². The number of Topliss-reactive ketones (excluding diaryl/α,β-unsaturated/α-hetero) is 1. The molecule has 0 N–H and O–H groups in total. The molecule has 0 amide bonds. The van der Waals surface area contributed by atoms with Gasteiger partial charge in [0.05, 0.1) is 5.75 Å². The number of hydrogen-bond donors (Lipinski definition) is 0. The summed E-state index contributed by atoms with van der Waals surface area (Å²) in [6, 6.07) is 4.90. The van der Waals surface area contributed by atoms with Crippen LogP contribution >= 0.6 is 0 Å². The zero-order chi connectivity index (χ0) is 13.8. The summed E-state index contributed by atoms with van der Waals surface area (Å²) in [6.07, 6.45) is 0.541. The van der Waals surface area contributed by atoms with Crippen LogP contribution in [0.2, 0.25) is 0 Å². The van der Waals surface area contributed by atoms with E-state index in [1.165, 1.54) is 12.1 Å². The summed E-state index contributed by atoms with van der Waals surface area (Å²) >= 11 is 0. The fourth-order valence-corrected chi connectivity index (χ4v) is 2.95. The number of carbonyl (C=O) groups excluding carboxylic acids is 1. The lowest BCUT2D eigenvalue weighted by Gasteiger charge is -2.06. The molecule has 100 valence electrons. The highest BCUT2D eigenvalue weighted by molar-refractivity contribution is 7.92. The monoisotopic (exact) mass is 272 g/mol. The fraction of sp³-hybridized carbons (Fsp3) is 0.462. The predicted octanol–water partition coefficient (Wildman–Crippen LogP) is 2.47. The van der Waals surface area contributed by atoms with E-state index in [1.807, 2.05) is 13.8 Å². The summed E-state index contributed by atoms with van der Waals surface area (Å²) in [5.74, 6) is -1.16. The first-order valence-electron chi connectivity index (χ1n) is 5.79. The van der Waals surface area contributed by atoms with Crippen LogP contribution in [0.4, 0.5) is 4.39 Å². The Morgan fingerprint density at radius 2 is 1.78 bits per heavy atom. The van der Waals surface area contributed by atoms with Crippen molar-refractivity contribution in [1.82, 2.24) is 0 Å². The van der Waals surface area contributed by atoms with Crippen LogP contribution in [0.3, 0.4) is 0 Å². The normalized spacial score (nSPS) is 11.8. The number of carbonyl (C=O) groups is 1. The van der Waals surface area contributed by atoms with Crippen molar-refractivity contribution < 1.29 is 17.6 Å². The van der Waals surface area contributed by atoms with Crippen LogP contribution < -0.4 is 0 Å². The highest BCUT2D eigenvalue weighted by Crippen LogP contribution is 2.08. The van der Waals surface area contributed by atoms with Gasteiger partial charge >= 0.3 is 0 Å². The van der Waals surface area contributed by atoms with E-state index in [9.17, 15) is 17.6 Å². The minimum atomic E-state index is -3.38. The largest absolute Gasteiger partial charge is 0.293 e. The topological polar surface area (TPSA) is 51.2 Å². The van der Waals surface area contributed by atoms with E-state index in [0.29, 0.717) is 6.42 Å². The molecule has 0 heterocycles. The van der Waals surface area contributed by atoms with E-state index < -0.39 is 27.2 Å². The summed E-state index contributed by atoms with van der Waals surface area (Å²) < 4.78 is 36.0. The molecule has 0 spiro atoms. The van der Waals surface area contributed by atoms with Gasteiger partial charge < -0.3 is 0 Å². The molecule has 0 aliphatic rings. The number of sulfone groups is 1. The van der Waals surface area contributed by atoms with Crippen molar-refractivity contribution in [1.29, 1.82) is 0 Å². The molecule has 3 nitrogen and oxygen atoms in total. The van der Waals surface area contributed by atoms with Gasteiger partial charge in [-0.1, -0.05) is 13.8 Å². The molecule has 1 aromatic carbocycles.